The monoisotopic (exact) mass is 311 g/mol. The highest BCUT2D eigenvalue weighted by Crippen LogP contribution is 2.14. The predicted molar refractivity (Wildman–Crippen MR) is 80.4 cm³/mol. The van der Waals surface area contributed by atoms with Gasteiger partial charge in [-0.05, 0) is 31.9 Å². The van der Waals surface area contributed by atoms with Crippen molar-refractivity contribution in [1.29, 1.82) is 0 Å². The van der Waals surface area contributed by atoms with E-state index >= 15 is 0 Å². The van der Waals surface area contributed by atoms with E-state index in [4.69, 9.17) is 0 Å². The highest BCUT2D eigenvalue weighted by Gasteiger charge is 2.27. The van der Waals surface area contributed by atoms with Gasteiger partial charge in [0, 0.05) is 25.7 Å². The number of piperidine rings is 1. The lowest BCUT2D eigenvalue weighted by molar-refractivity contribution is 0.178. The van der Waals surface area contributed by atoms with Crippen LogP contribution in [0.25, 0.3) is 0 Å². The molecule has 1 unspecified atom stereocenters. The van der Waals surface area contributed by atoms with E-state index in [1.807, 2.05) is 6.92 Å². The van der Waals surface area contributed by atoms with Crippen LogP contribution in [0, 0.1) is 0 Å². The zero-order valence-electron chi connectivity index (χ0n) is 12.1. The van der Waals surface area contributed by atoms with Crippen molar-refractivity contribution in [3.63, 3.8) is 0 Å². The number of urea groups is 1. The molecule has 1 aliphatic rings. The summed E-state index contributed by atoms with van der Waals surface area (Å²) in [6.07, 6.45) is 1.53. The third kappa shape index (κ3) is 4.18. The number of nitrogens with zero attached hydrogens (tertiary/aromatic N) is 1. The standard InChI is InChI=1S/C14H21N3O3S/c1-2-15-14(18)17-10-6-7-12(11-17)16-21(19,20)13-8-4-3-5-9-13/h3-5,8-9,12,16H,2,6-7,10-11H2,1H3,(H,15,18). The SMILES string of the molecule is CCNC(=O)N1CCCC(NS(=O)(=O)c2ccccc2)C1. The third-order valence-electron chi connectivity index (χ3n) is 3.41. The van der Waals surface area contributed by atoms with Crippen molar-refractivity contribution < 1.29 is 13.2 Å². The van der Waals surface area contributed by atoms with Crippen LogP contribution in [0.1, 0.15) is 19.8 Å². The van der Waals surface area contributed by atoms with Gasteiger partial charge in [-0.15, -0.1) is 0 Å². The van der Waals surface area contributed by atoms with E-state index in [1.165, 1.54) is 0 Å². The maximum absolute atomic E-state index is 12.3. The molecule has 0 spiro atoms. The molecule has 2 N–H and O–H groups in total. The molecule has 21 heavy (non-hydrogen) atoms. The van der Waals surface area contributed by atoms with Crippen LogP contribution >= 0.6 is 0 Å². The first kappa shape index (κ1) is 15.8. The second-order valence-electron chi connectivity index (χ2n) is 5.05. The molecule has 1 aromatic carbocycles. The fourth-order valence-corrected chi connectivity index (χ4v) is 3.69. The summed E-state index contributed by atoms with van der Waals surface area (Å²) >= 11 is 0. The summed E-state index contributed by atoms with van der Waals surface area (Å²) < 4.78 is 27.2. The van der Waals surface area contributed by atoms with Gasteiger partial charge in [-0.25, -0.2) is 17.9 Å². The van der Waals surface area contributed by atoms with Crippen LogP contribution in [-0.4, -0.2) is 45.0 Å². The first-order valence-electron chi connectivity index (χ1n) is 7.13. The van der Waals surface area contributed by atoms with E-state index in [2.05, 4.69) is 10.0 Å². The Morgan fingerprint density at radius 3 is 2.71 bits per heavy atom. The van der Waals surface area contributed by atoms with Crippen LogP contribution in [0.15, 0.2) is 35.2 Å². The van der Waals surface area contributed by atoms with Crippen LogP contribution in [0.3, 0.4) is 0 Å². The molecule has 1 heterocycles. The lowest BCUT2D eigenvalue weighted by Gasteiger charge is -2.32. The fourth-order valence-electron chi connectivity index (χ4n) is 2.41. The zero-order valence-corrected chi connectivity index (χ0v) is 12.9. The van der Waals surface area contributed by atoms with Crippen molar-refractivity contribution in [2.75, 3.05) is 19.6 Å². The summed E-state index contributed by atoms with van der Waals surface area (Å²) in [7, 11) is -3.53. The number of carbonyl (C=O) groups is 1. The quantitative estimate of drug-likeness (QED) is 0.876. The Bertz CT molecular complexity index is 574. The molecule has 0 radical (unpaired) electrons. The number of nitrogens with one attached hydrogen (secondary N) is 2. The maximum atomic E-state index is 12.3. The van der Waals surface area contributed by atoms with Crippen molar-refractivity contribution in [2.45, 2.75) is 30.7 Å². The summed E-state index contributed by atoms with van der Waals surface area (Å²) in [5.41, 5.74) is 0. The van der Waals surface area contributed by atoms with Gasteiger partial charge in [0.2, 0.25) is 10.0 Å². The minimum absolute atomic E-state index is 0.138. The molecule has 1 aliphatic heterocycles. The van der Waals surface area contributed by atoms with E-state index in [9.17, 15) is 13.2 Å². The average Bonchev–Trinajstić information content (AvgIpc) is 2.48. The number of hydrogen-bond donors (Lipinski definition) is 2. The molecule has 0 bridgehead atoms. The van der Waals surface area contributed by atoms with Crippen molar-refractivity contribution in [3.05, 3.63) is 30.3 Å². The van der Waals surface area contributed by atoms with E-state index in [0.717, 1.165) is 12.8 Å². The molecule has 2 rings (SSSR count). The van der Waals surface area contributed by atoms with Crippen molar-refractivity contribution in [3.8, 4) is 0 Å². The minimum atomic E-state index is -3.53. The zero-order chi connectivity index (χ0) is 15.3. The van der Waals surface area contributed by atoms with Crippen LogP contribution in [-0.2, 0) is 10.0 Å². The van der Waals surface area contributed by atoms with Gasteiger partial charge in [-0.2, -0.15) is 0 Å². The molecule has 7 heteroatoms. The third-order valence-corrected chi connectivity index (χ3v) is 4.95. The molecule has 116 valence electrons. The molecular weight excluding hydrogens is 290 g/mol. The maximum Gasteiger partial charge on any atom is 0.317 e. The lowest BCUT2D eigenvalue weighted by Crippen LogP contribution is -2.52. The first-order valence-corrected chi connectivity index (χ1v) is 8.61. The van der Waals surface area contributed by atoms with Gasteiger partial charge in [0.05, 0.1) is 4.90 Å². The highest BCUT2D eigenvalue weighted by molar-refractivity contribution is 7.89. The van der Waals surface area contributed by atoms with Gasteiger partial charge in [0.15, 0.2) is 0 Å². The van der Waals surface area contributed by atoms with Crippen LogP contribution in [0.5, 0.6) is 0 Å². The molecule has 0 saturated carbocycles. The normalized spacial score (nSPS) is 19.3. The summed E-state index contributed by atoms with van der Waals surface area (Å²) in [5, 5.41) is 2.74. The van der Waals surface area contributed by atoms with Crippen molar-refractivity contribution in [2.24, 2.45) is 0 Å². The van der Waals surface area contributed by atoms with Crippen molar-refractivity contribution in [1.82, 2.24) is 14.9 Å². The van der Waals surface area contributed by atoms with Gasteiger partial charge in [-0.3, -0.25) is 0 Å². The highest BCUT2D eigenvalue weighted by atomic mass is 32.2. The van der Waals surface area contributed by atoms with E-state index in [-0.39, 0.29) is 17.0 Å². The molecule has 1 saturated heterocycles. The van der Waals surface area contributed by atoms with Crippen LogP contribution in [0.4, 0.5) is 4.79 Å². The van der Waals surface area contributed by atoms with Crippen molar-refractivity contribution >= 4 is 16.1 Å². The largest absolute Gasteiger partial charge is 0.338 e. The van der Waals surface area contributed by atoms with Crippen LogP contribution < -0.4 is 10.0 Å². The molecule has 1 fully saturated rings. The second kappa shape index (κ2) is 6.91. The molecule has 2 amide bonds. The van der Waals surface area contributed by atoms with Gasteiger partial charge in [-0.1, -0.05) is 18.2 Å². The Balaban J connectivity index is 2.01. The Kier molecular flexibility index (Phi) is 5.19. The molecule has 6 nitrogen and oxygen atoms in total. The topological polar surface area (TPSA) is 78.5 Å². The number of hydrogen-bond acceptors (Lipinski definition) is 3. The molecule has 1 atom stereocenters. The molecule has 1 aromatic rings. The average molecular weight is 311 g/mol. The summed E-state index contributed by atoms with van der Waals surface area (Å²) in [6, 6.07) is 7.90. The Morgan fingerprint density at radius 1 is 1.33 bits per heavy atom. The van der Waals surface area contributed by atoms with E-state index < -0.39 is 10.0 Å². The number of sulfonamides is 1. The van der Waals surface area contributed by atoms with Gasteiger partial charge in [0.25, 0.3) is 0 Å². The summed E-state index contributed by atoms with van der Waals surface area (Å²) in [6.45, 7) is 3.49. The number of likely N-dealkylation sites (tertiary alicyclic amines) is 1. The lowest BCUT2D eigenvalue weighted by atomic mass is 10.1. The first-order chi connectivity index (χ1) is 10.0. The minimum Gasteiger partial charge on any atom is -0.338 e. The number of benzene rings is 1. The summed E-state index contributed by atoms with van der Waals surface area (Å²) in [5.74, 6) is 0. The van der Waals surface area contributed by atoms with E-state index in [1.54, 1.807) is 35.2 Å². The van der Waals surface area contributed by atoms with Gasteiger partial charge in [0.1, 0.15) is 0 Å². The molecule has 0 aliphatic carbocycles. The Hall–Kier alpha value is -1.60. The van der Waals surface area contributed by atoms with Gasteiger partial charge < -0.3 is 10.2 Å². The Labute approximate surface area is 125 Å². The number of carbonyl (C=O) groups excluding carboxylic acids is 1. The molecule has 0 aromatic heterocycles. The Morgan fingerprint density at radius 2 is 2.05 bits per heavy atom. The molecular formula is C14H21N3O3S. The van der Waals surface area contributed by atoms with Crippen LogP contribution in [0.2, 0.25) is 0 Å². The second-order valence-corrected chi connectivity index (χ2v) is 6.77. The fraction of sp³-hybridized carbons (Fsp3) is 0.500. The number of amides is 2. The smallest absolute Gasteiger partial charge is 0.317 e. The van der Waals surface area contributed by atoms with Gasteiger partial charge >= 0.3 is 6.03 Å². The summed E-state index contributed by atoms with van der Waals surface area (Å²) in [4.78, 5) is 13.7. The number of rotatable bonds is 4. The predicted octanol–water partition coefficient (Wildman–Crippen LogP) is 1.16. The van der Waals surface area contributed by atoms with E-state index in [0.29, 0.717) is 19.6 Å².